The fraction of sp³-hybridized carbons (Fsp3) is 0.208. The molecule has 1 N–H and O–H groups in total. The zero-order valence-electron chi connectivity index (χ0n) is 17.2. The Morgan fingerprint density at radius 3 is 2.39 bits per heavy atom. The minimum atomic E-state index is -0.330. The first-order valence-electron chi connectivity index (χ1n) is 9.97. The van der Waals surface area contributed by atoms with Gasteiger partial charge in [0.15, 0.2) is 4.96 Å². The Morgan fingerprint density at radius 2 is 1.74 bits per heavy atom. The second-order valence-corrected chi connectivity index (χ2v) is 9.33. The maximum atomic E-state index is 12.6. The van der Waals surface area contributed by atoms with Gasteiger partial charge in [0.25, 0.3) is 5.56 Å². The largest absolute Gasteiger partial charge is 0.354 e. The van der Waals surface area contributed by atoms with E-state index >= 15 is 0 Å². The minimum absolute atomic E-state index is 0.0305. The number of nitrogens with one attached hydrogen (secondary N) is 1. The van der Waals surface area contributed by atoms with Gasteiger partial charge in [0.05, 0.1) is 11.4 Å². The number of rotatable bonds is 8. The summed E-state index contributed by atoms with van der Waals surface area (Å²) < 4.78 is 1.53. The lowest BCUT2D eigenvalue weighted by molar-refractivity contribution is -0.118. The third-order valence-electron chi connectivity index (χ3n) is 5.30. The van der Waals surface area contributed by atoms with E-state index in [2.05, 4.69) is 41.5 Å². The van der Waals surface area contributed by atoms with Crippen LogP contribution in [0.25, 0.3) is 4.96 Å². The highest BCUT2D eigenvalue weighted by Crippen LogP contribution is 2.31. The summed E-state index contributed by atoms with van der Waals surface area (Å²) in [6.45, 7) is 2.65. The van der Waals surface area contributed by atoms with E-state index in [4.69, 9.17) is 0 Å². The summed E-state index contributed by atoms with van der Waals surface area (Å²) in [5, 5.41) is 4.94. The van der Waals surface area contributed by atoms with Crippen molar-refractivity contribution in [3.8, 4) is 0 Å². The van der Waals surface area contributed by atoms with Gasteiger partial charge in [0.1, 0.15) is 0 Å². The summed E-state index contributed by atoms with van der Waals surface area (Å²) in [5.41, 5.74) is 2.59. The molecule has 0 saturated carbocycles. The molecular weight excluding hydrogens is 426 g/mol. The average molecular weight is 450 g/mol. The van der Waals surface area contributed by atoms with Crippen LogP contribution in [0.4, 0.5) is 0 Å². The Labute approximate surface area is 189 Å². The molecule has 0 radical (unpaired) electrons. The number of hydrogen-bond acceptors (Lipinski definition) is 5. The maximum absolute atomic E-state index is 12.6. The molecule has 0 aliphatic carbocycles. The number of hydrogen-bond donors (Lipinski definition) is 1. The molecule has 0 aliphatic heterocycles. The number of amides is 1. The summed E-state index contributed by atoms with van der Waals surface area (Å²) in [5.74, 6) is 0.800. The van der Waals surface area contributed by atoms with Crippen molar-refractivity contribution in [3.63, 3.8) is 0 Å². The monoisotopic (exact) mass is 449 g/mol. The Morgan fingerprint density at radius 1 is 1.10 bits per heavy atom. The van der Waals surface area contributed by atoms with Crippen LogP contribution in [0.5, 0.6) is 0 Å². The molecule has 31 heavy (non-hydrogen) atoms. The van der Waals surface area contributed by atoms with Crippen molar-refractivity contribution in [3.05, 3.63) is 105 Å². The Hall–Kier alpha value is -2.90. The fourth-order valence-corrected chi connectivity index (χ4v) is 5.00. The van der Waals surface area contributed by atoms with Crippen LogP contribution >= 0.6 is 23.1 Å². The molecule has 0 aliphatic rings. The smallest absolute Gasteiger partial charge is 0.258 e. The molecule has 4 rings (SSSR count). The predicted molar refractivity (Wildman–Crippen MR) is 128 cm³/mol. The lowest BCUT2D eigenvalue weighted by atomic mass is 9.76. The first-order chi connectivity index (χ1) is 15.1. The fourth-order valence-electron chi connectivity index (χ4n) is 3.52. The van der Waals surface area contributed by atoms with Gasteiger partial charge in [-0.15, -0.1) is 23.1 Å². The van der Waals surface area contributed by atoms with Gasteiger partial charge in [-0.3, -0.25) is 14.0 Å². The lowest BCUT2D eigenvalue weighted by Gasteiger charge is -2.31. The van der Waals surface area contributed by atoms with Gasteiger partial charge < -0.3 is 5.32 Å². The predicted octanol–water partition coefficient (Wildman–Crippen LogP) is 4.11. The molecule has 0 fully saturated rings. The van der Waals surface area contributed by atoms with Crippen LogP contribution in [0.1, 0.15) is 23.7 Å². The molecule has 4 aromatic rings. The third kappa shape index (κ3) is 4.89. The van der Waals surface area contributed by atoms with E-state index in [1.807, 2.05) is 41.8 Å². The van der Waals surface area contributed by atoms with Crippen LogP contribution in [0.2, 0.25) is 0 Å². The Bertz CT molecular complexity index is 1180. The molecule has 7 heteroatoms. The first kappa shape index (κ1) is 21.3. The first-order valence-corrected chi connectivity index (χ1v) is 12.0. The number of thioether (sulfide) groups is 1. The number of carbonyl (C=O) groups is 1. The standard InChI is InChI=1S/C24H23N3O2S2/c1-24(18-8-4-2-5-9-18,19-10-6-3-7-11-19)17-25-21(28)16-30-15-20-14-22(29)27-12-13-31-23(27)26-20/h2-14H,15-17H2,1H3,(H,25,28). The zero-order valence-corrected chi connectivity index (χ0v) is 18.8. The summed E-state index contributed by atoms with van der Waals surface area (Å²) in [6.07, 6.45) is 1.72. The summed E-state index contributed by atoms with van der Waals surface area (Å²) in [6, 6.07) is 22.0. The number of fused-ring (bicyclic) bond motifs is 1. The molecule has 0 spiro atoms. The van der Waals surface area contributed by atoms with Crippen LogP contribution in [0.15, 0.2) is 83.1 Å². The number of thiazole rings is 1. The van der Waals surface area contributed by atoms with Crippen molar-refractivity contribution < 1.29 is 4.79 Å². The number of benzene rings is 2. The van der Waals surface area contributed by atoms with E-state index in [1.54, 1.807) is 6.20 Å². The second-order valence-electron chi connectivity index (χ2n) is 7.47. The summed E-state index contributed by atoms with van der Waals surface area (Å²) >= 11 is 2.88. The van der Waals surface area contributed by atoms with Gasteiger partial charge in [-0.1, -0.05) is 60.7 Å². The van der Waals surface area contributed by atoms with Crippen LogP contribution in [0, 0.1) is 0 Å². The Balaban J connectivity index is 1.38. The molecule has 158 valence electrons. The van der Waals surface area contributed by atoms with Crippen molar-refractivity contribution in [2.45, 2.75) is 18.1 Å². The number of aromatic nitrogens is 2. The minimum Gasteiger partial charge on any atom is -0.354 e. The molecule has 1 amide bonds. The van der Waals surface area contributed by atoms with Gasteiger partial charge in [0.2, 0.25) is 5.91 Å². The molecule has 0 unspecified atom stereocenters. The van der Waals surface area contributed by atoms with Gasteiger partial charge in [0, 0.05) is 35.4 Å². The van der Waals surface area contributed by atoms with Crippen molar-refractivity contribution in [1.29, 1.82) is 0 Å². The maximum Gasteiger partial charge on any atom is 0.258 e. The van der Waals surface area contributed by atoms with Crippen molar-refractivity contribution >= 4 is 34.0 Å². The molecular formula is C24H23N3O2S2. The van der Waals surface area contributed by atoms with E-state index in [1.165, 1.54) is 33.6 Å². The molecule has 0 saturated heterocycles. The topological polar surface area (TPSA) is 63.5 Å². The molecule has 2 aromatic heterocycles. The summed E-state index contributed by atoms with van der Waals surface area (Å²) in [4.78, 5) is 29.8. The molecule has 5 nitrogen and oxygen atoms in total. The van der Waals surface area contributed by atoms with E-state index in [0.29, 0.717) is 28.7 Å². The van der Waals surface area contributed by atoms with Crippen molar-refractivity contribution in [2.75, 3.05) is 12.3 Å². The van der Waals surface area contributed by atoms with E-state index in [-0.39, 0.29) is 16.9 Å². The van der Waals surface area contributed by atoms with Crippen molar-refractivity contribution in [1.82, 2.24) is 14.7 Å². The van der Waals surface area contributed by atoms with Gasteiger partial charge >= 0.3 is 0 Å². The normalized spacial score (nSPS) is 11.5. The highest BCUT2D eigenvalue weighted by Gasteiger charge is 2.29. The number of nitrogens with zero attached hydrogens (tertiary/aromatic N) is 2. The van der Waals surface area contributed by atoms with Crippen LogP contribution in [0.3, 0.4) is 0 Å². The van der Waals surface area contributed by atoms with Gasteiger partial charge in [-0.2, -0.15) is 0 Å². The second kappa shape index (κ2) is 9.49. The molecule has 2 aromatic carbocycles. The highest BCUT2D eigenvalue weighted by molar-refractivity contribution is 7.99. The highest BCUT2D eigenvalue weighted by atomic mass is 32.2. The van der Waals surface area contributed by atoms with Crippen LogP contribution in [-0.2, 0) is 16.0 Å². The van der Waals surface area contributed by atoms with Gasteiger partial charge in [-0.05, 0) is 18.1 Å². The van der Waals surface area contributed by atoms with Crippen molar-refractivity contribution in [2.24, 2.45) is 0 Å². The SMILES string of the molecule is CC(CNC(=O)CSCc1cc(=O)n2ccsc2n1)(c1ccccc1)c1ccccc1. The van der Waals surface area contributed by atoms with Crippen LogP contribution < -0.4 is 10.9 Å². The lowest BCUT2D eigenvalue weighted by Crippen LogP contribution is -2.40. The average Bonchev–Trinajstić information content (AvgIpc) is 3.28. The van der Waals surface area contributed by atoms with Crippen LogP contribution in [-0.4, -0.2) is 27.6 Å². The molecule has 0 atom stereocenters. The van der Waals surface area contributed by atoms with Gasteiger partial charge in [-0.25, -0.2) is 4.98 Å². The Kier molecular flexibility index (Phi) is 6.53. The zero-order chi connectivity index (χ0) is 21.7. The quantitative estimate of drug-likeness (QED) is 0.440. The molecule has 2 heterocycles. The van der Waals surface area contributed by atoms with E-state index in [9.17, 15) is 9.59 Å². The van der Waals surface area contributed by atoms with E-state index in [0.717, 1.165) is 11.1 Å². The van der Waals surface area contributed by atoms with E-state index < -0.39 is 0 Å². The molecule has 0 bridgehead atoms. The number of carbonyl (C=O) groups excluding carboxylic acids is 1. The summed E-state index contributed by atoms with van der Waals surface area (Å²) in [7, 11) is 0. The third-order valence-corrected chi connectivity index (χ3v) is 7.02.